The van der Waals surface area contributed by atoms with Gasteiger partial charge < -0.3 is 0 Å². The van der Waals surface area contributed by atoms with Crippen LogP contribution < -0.4 is 4.72 Å². The van der Waals surface area contributed by atoms with Crippen molar-refractivity contribution in [2.75, 3.05) is 6.54 Å². The SMILES string of the molecule is CC(C)(C)S(=O)NCCC#Cc1cccc(Br)n1. The van der Waals surface area contributed by atoms with Crippen LogP contribution in [0.25, 0.3) is 0 Å². The Morgan fingerprint density at radius 2 is 2.17 bits per heavy atom. The Bertz CT molecular complexity index is 486. The molecule has 1 atom stereocenters. The zero-order valence-electron chi connectivity index (χ0n) is 10.8. The number of nitrogens with one attached hydrogen (secondary N) is 1. The Hall–Kier alpha value is -0.700. The summed E-state index contributed by atoms with van der Waals surface area (Å²) in [4.78, 5) is 4.21. The van der Waals surface area contributed by atoms with Gasteiger partial charge in [-0.05, 0) is 54.8 Å². The molecule has 0 spiro atoms. The van der Waals surface area contributed by atoms with Crippen molar-refractivity contribution < 1.29 is 4.21 Å². The van der Waals surface area contributed by atoms with Gasteiger partial charge in [0.05, 0.1) is 15.7 Å². The molecule has 0 aliphatic carbocycles. The van der Waals surface area contributed by atoms with Crippen LogP contribution in [0.3, 0.4) is 0 Å². The maximum Gasteiger partial charge on any atom is 0.114 e. The van der Waals surface area contributed by atoms with Gasteiger partial charge in [0.1, 0.15) is 10.3 Å². The zero-order chi connectivity index (χ0) is 13.6. The van der Waals surface area contributed by atoms with E-state index in [0.29, 0.717) is 13.0 Å². The third kappa shape index (κ3) is 5.76. The summed E-state index contributed by atoms with van der Waals surface area (Å²) in [5.41, 5.74) is 0.737. The normalized spacial score (nSPS) is 12.7. The number of hydrogen-bond donors (Lipinski definition) is 1. The van der Waals surface area contributed by atoms with Crippen LogP contribution in [0.5, 0.6) is 0 Å². The molecule has 18 heavy (non-hydrogen) atoms. The van der Waals surface area contributed by atoms with E-state index in [9.17, 15) is 4.21 Å². The number of halogens is 1. The fourth-order valence-corrected chi connectivity index (χ4v) is 2.12. The van der Waals surface area contributed by atoms with Crippen molar-refractivity contribution >= 4 is 26.9 Å². The summed E-state index contributed by atoms with van der Waals surface area (Å²) in [6, 6.07) is 5.62. The molecule has 1 N–H and O–H groups in total. The van der Waals surface area contributed by atoms with E-state index in [4.69, 9.17) is 0 Å². The van der Waals surface area contributed by atoms with Crippen molar-refractivity contribution in [3.8, 4) is 11.8 Å². The van der Waals surface area contributed by atoms with Crippen molar-refractivity contribution in [2.45, 2.75) is 31.9 Å². The van der Waals surface area contributed by atoms with Gasteiger partial charge in [-0.3, -0.25) is 0 Å². The summed E-state index contributed by atoms with van der Waals surface area (Å²) >= 11 is 3.29. The second-order valence-corrected chi connectivity index (χ2v) is 7.54. The molecule has 1 rings (SSSR count). The summed E-state index contributed by atoms with van der Waals surface area (Å²) in [6.45, 7) is 6.43. The predicted molar refractivity (Wildman–Crippen MR) is 79.3 cm³/mol. The zero-order valence-corrected chi connectivity index (χ0v) is 13.2. The Labute approximate surface area is 119 Å². The maximum atomic E-state index is 11.7. The average molecular weight is 329 g/mol. The lowest BCUT2D eigenvalue weighted by Gasteiger charge is -2.17. The largest absolute Gasteiger partial charge is 0.242 e. The maximum absolute atomic E-state index is 11.7. The van der Waals surface area contributed by atoms with Crippen LogP contribution in [0.15, 0.2) is 22.8 Å². The van der Waals surface area contributed by atoms with E-state index in [0.717, 1.165) is 10.3 Å². The van der Waals surface area contributed by atoms with Gasteiger partial charge in [-0.2, -0.15) is 0 Å². The summed E-state index contributed by atoms with van der Waals surface area (Å²) in [5.74, 6) is 5.97. The second kappa shape index (κ2) is 7.03. The van der Waals surface area contributed by atoms with E-state index in [2.05, 4.69) is 37.5 Å². The Morgan fingerprint density at radius 1 is 1.44 bits per heavy atom. The summed E-state index contributed by atoms with van der Waals surface area (Å²) in [6.07, 6.45) is 0.649. The standard InChI is InChI=1S/C13H17BrN2OS/c1-13(2,3)18(17)15-10-5-4-7-11-8-6-9-12(14)16-11/h6,8-9,15H,5,10H2,1-3H3. The van der Waals surface area contributed by atoms with E-state index < -0.39 is 11.0 Å². The van der Waals surface area contributed by atoms with Gasteiger partial charge in [-0.15, -0.1) is 0 Å². The van der Waals surface area contributed by atoms with E-state index in [-0.39, 0.29) is 4.75 Å². The van der Waals surface area contributed by atoms with Crippen molar-refractivity contribution in [3.05, 3.63) is 28.5 Å². The molecule has 0 radical (unpaired) electrons. The molecular formula is C13H17BrN2OS. The van der Waals surface area contributed by atoms with E-state index in [1.165, 1.54) is 0 Å². The number of hydrogen-bond acceptors (Lipinski definition) is 2. The molecule has 0 fully saturated rings. The number of nitrogens with zero attached hydrogens (tertiary/aromatic N) is 1. The minimum atomic E-state index is -1.03. The van der Waals surface area contributed by atoms with E-state index in [1.54, 1.807) is 0 Å². The lowest BCUT2D eigenvalue weighted by molar-refractivity contribution is 0.636. The molecule has 0 aliphatic heterocycles. The van der Waals surface area contributed by atoms with Gasteiger partial charge in [0.25, 0.3) is 0 Å². The molecule has 0 aromatic carbocycles. The number of aromatic nitrogens is 1. The minimum Gasteiger partial charge on any atom is -0.242 e. The smallest absolute Gasteiger partial charge is 0.114 e. The fraction of sp³-hybridized carbons (Fsp3) is 0.462. The Balaban J connectivity index is 2.38. The van der Waals surface area contributed by atoms with Crippen molar-refractivity contribution in [1.29, 1.82) is 0 Å². The molecule has 3 nitrogen and oxygen atoms in total. The molecule has 1 unspecified atom stereocenters. The topological polar surface area (TPSA) is 42.0 Å². The van der Waals surface area contributed by atoms with Crippen LogP contribution in [0.4, 0.5) is 0 Å². The molecule has 5 heteroatoms. The van der Waals surface area contributed by atoms with Gasteiger partial charge in [0, 0.05) is 13.0 Å². The number of pyridine rings is 1. The van der Waals surface area contributed by atoms with Gasteiger partial charge in [-0.1, -0.05) is 12.0 Å². The average Bonchev–Trinajstić information content (AvgIpc) is 2.27. The van der Waals surface area contributed by atoms with Gasteiger partial charge in [0.15, 0.2) is 0 Å². The molecule has 1 aromatic heterocycles. The first kappa shape index (κ1) is 15.4. The van der Waals surface area contributed by atoms with Crippen LogP contribution >= 0.6 is 15.9 Å². The van der Waals surface area contributed by atoms with Crippen LogP contribution in [0.1, 0.15) is 32.9 Å². The van der Waals surface area contributed by atoms with Gasteiger partial charge in [0.2, 0.25) is 0 Å². The molecule has 0 amide bonds. The molecule has 0 saturated heterocycles. The highest BCUT2D eigenvalue weighted by atomic mass is 79.9. The second-order valence-electron chi connectivity index (χ2n) is 4.67. The fourth-order valence-electron chi connectivity index (χ4n) is 1.05. The van der Waals surface area contributed by atoms with Crippen molar-refractivity contribution in [2.24, 2.45) is 0 Å². The summed E-state index contributed by atoms with van der Waals surface area (Å²) in [7, 11) is -1.03. The van der Waals surface area contributed by atoms with Crippen molar-refractivity contribution in [3.63, 3.8) is 0 Å². The molecule has 0 saturated carbocycles. The highest BCUT2D eigenvalue weighted by Crippen LogP contribution is 2.08. The quantitative estimate of drug-likeness (QED) is 0.526. The monoisotopic (exact) mass is 328 g/mol. The predicted octanol–water partition coefficient (Wildman–Crippen LogP) is 2.64. The van der Waals surface area contributed by atoms with E-state index >= 15 is 0 Å². The first-order valence-electron chi connectivity index (χ1n) is 5.66. The molecular weight excluding hydrogens is 312 g/mol. The minimum absolute atomic E-state index is 0.237. The molecule has 1 heterocycles. The van der Waals surface area contributed by atoms with Gasteiger partial charge >= 0.3 is 0 Å². The summed E-state index contributed by atoms with van der Waals surface area (Å²) in [5, 5.41) is 0. The van der Waals surface area contributed by atoms with E-state index in [1.807, 2.05) is 39.0 Å². The number of rotatable bonds is 3. The first-order chi connectivity index (χ1) is 8.39. The van der Waals surface area contributed by atoms with Crippen LogP contribution in [-0.2, 0) is 11.0 Å². The highest BCUT2D eigenvalue weighted by molar-refractivity contribution is 9.10. The Kier molecular flexibility index (Phi) is 6.00. The molecule has 0 bridgehead atoms. The third-order valence-corrected chi connectivity index (χ3v) is 3.99. The molecule has 98 valence electrons. The molecule has 0 aliphatic rings. The van der Waals surface area contributed by atoms with Crippen LogP contribution in [-0.4, -0.2) is 20.5 Å². The third-order valence-electron chi connectivity index (χ3n) is 1.97. The first-order valence-corrected chi connectivity index (χ1v) is 7.61. The highest BCUT2D eigenvalue weighted by Gasteiger charge is 2.18. The lowest BCUT2D eigenvalue weighted by Crippen LogP contribution is -2.33. The van der Waals surface area contributed by atoms with Gasteiger partial charge in [-0.25, -0.2) is 13.9 Å². The Morgan fingerprint density at radius 3 is 2.78 bits per heavy atom. The summed E-state index contributed by atoms with van der Waals surface area (Å²) < 4.78 is 15.2. The lowest BCUT2D eigenvalue weighted by atomic mass is 10.3. The van der Waals surface area contributed by atoms with Crippen LogP contribution in [0.2, 0.25) is 0 Å². The molecule has 1 aromatic rings. The van der Waals surface area contributed by atoms with Crippen LogP contribution in [0, 0.1) is 11.8 Å². The van der Waals surface area contributed by atoms with Crippen molar-refractivity contribution in [1.82, 2.24) is 9.71 Å².